The van der Waals surface area contributed by atoms with Crippen molar-refractivity contribution in [3.8, 4) is 22.8 Å². The second kappa shape index (κ2) is 8.92. The number of pyridine rings is 1. The summed E-state index contributed by atoms with van der Waals surface area (Å²) in [5.41, 5.74) is 3.62. The van der Waals surface area contributed by atoms with Crippen LogP contribution in [0.2, 0.25) is 0 Å². The van der Waals surface area contributed by atoms with Crippen molar-refractivity contribution in [3.63, 3.8) is 0 Å². The van der Waals surface area contributed by atoms with E-state index in [-0.39, 0.29) is 11.5 Å². The topological polar surface area (TPSA) is 69.9 Å². The molecule has 0 aliphatic rings. The number of hydrogen-bond donors (Lipinski definition) is 0. The van der Waals surface area contributed by atoms with Crippen molar-refractivity contribution in [1.82, 2.24) is 19.7 Å². The van der Waals surface area contributed by atoms with Gasteiger partial charge in [0.25, 0.3) is 0 Å². The fourth-order valence-electron chi connectivity index (χ4n) is 2.99. The van der Waals surface area contributed by atoms with E-state index in [1.807, 2.05) is 60.0 Å². The summed E-state index contributed by atoms with van der Waals surface area (Å²) in [6, 6.07) is 19.1. The molecule has 0 radical (unpaired) electrons. The summed E-state index contributed by atoms with van der Waals surface area (Å²) < 4.78 is 7.19. The normalized spacial score (nSPS) is 10.7. The van der Waals surface area contributed by atoms with Gasteiger partial charge in [0.1, 0.15) is 5.75 Å². The highest BCUT2D eigenvalue weighted by molar-refractivity contribution is 7.99. The molecule has 2 aromatic carbocycles. The molecule has 0 aliphatic heterocycles. The minimum atomic E-state index is 0.00261. The molecule has 2 heterocycles. The number of benzene rings is 2. The molecule has 4 rings (SSSR count). The van der Waals surface area contributed by atoms with Crippen molar-refractivity contribution in [2.75, 3.05) is 12.9 Å². The fraction of sp³-hybridized carbons (Fsp3) is 0.130. The van der Waals surface area contributed by atoms with E-state index in [4.69, 9.17) is 4.74 Å². The predicted octanol–water partition coefficient (Wildman–Crippen LogP) is 4.62. The minimum absolute atomic E-state index is 0.00261. The molecule has 0 saturated carbocycles. The minimum Gasteiger partial charge on any atom is -0.497 e. The van der Waals surface area contributed by atoms with Crippen LogP contribution in [0, 0.1) is 6.92 Å². The van der Waals surface area contributed by atoms with Gasteiger partial charge in [-0.25, -0.2) is 0 Å². The van der Waals surface area contributed by atoms with E-state index in [2.05, 4.69) is 15.2 Å². The lowest BCUT2D eigenvalue weighted by Crippen LogP contribution is -2.05. The third kappa shape index (κ3) is 4.26. The van der Waals surface area contributed by atoms with E-state index in [0.29, 0.717) is 22.3 Å². The Morgan fingerprint density at radius 1 is 1.03 bits per heavy atom. The molecule has 0 amide bonds. The van der Waals surface area contributed by atoms with Crippen LogP contribution in [-0.4, -0.2) is 38.4 Å². The number of rotatable bonds is 7. The van der Waals surface area contributed by atoms with Gasteiger partial charge in [0, 0.05) is 29.2 Å². The number of ether oxygens (including phenoxy) is 1. The Kier molecular flexibility index (Phi) is 5.90. The summed E-state index contributed by atoms with van der Waals surface area (Å²) in [4.78, 5) is 16.8. The maximum atomic E-state index is 12.7. The summed E-state index contributed by atoms with van der Waals surface area (Å²) in [7, 11) is 1.59. The first-order valence-electron chi connectivity index (χ1n) is 9.38. The van der Waals surface area contributed by atoms with E-state index >= 15 is 0 Å². The molecule has 30 heavy (non-hydrogen) atoms. The number of carbonyl (C=O) groups excluding carboxylic acids is 1. The number of aromatic nitrogens is 4. The highest BCUT2D eigenvalue weighted by Gasteiger charge is 2.18. The maximum absolute atomic E-state index is 12.7. The van der Waals surface area contributed by atoms with Crippen LogP contribution in [0.3, 0.4) is 0 Å². The largest absolute Gasteiger partial charge is 0.497 e. The molecule has 4 aromatic rings. The summed E-state index contributed by atoms with van der Waals surface area (Å²) in [5.74, 6) is 1.61. The molecule has 2 aromatic heterocycles. The molecular formula is C23H20N4O2S. The monoisotopic (exact) mass is 416 g/mol. The van der Waals surface area contributed by atoms with Gasteiger partial charge in [0.05, 0.1) is 12.9 Å². The van der Waals surface area contributed by atoms with Crippen molar-refractivity contribution < 1.29 is 9.53 Å². The molecule has 0 N–H and O–H groups in total. The van der Waals surface area contributed by atoms with Gasteiger partial charge in [0.2, 0.25) is 0 Å². The molecule has 0 bridgehead atoms. The summed E-state index contributed by atoms with van der Waals surface area (Å²) in [5, 5.41) is 9.42. The highest BCUT2D eigenvalue weighted by Crippen LogP contribution is 2.28. The first-order valence-corrected chi connectivity index (χ1v) is 10.4. The van der Waals surface area contributed by atoms with Crippen LogP contribution in [-0.2, 0) is 0 Å². The van der Waals surface area contributed by atoms with Crippen molar-refractivity contribution in [2.24, 2.45) is 0 Å². The van der Waals surface area contributed by atoms with E-state index in [0.717, 1.165) is 11.3 Å². The Morgan fingerprint density at radius 2 is 1.80 bits per heavy atom. The standard InChI is InChI=1S/C23H20N4O2S/c1-16-6-8-19(9-7-16)27-22(17-10-12-24-13-11-17)25-26-23(27)30-15-21(28)18-4-3-5-20(14-18)29-2/h3-14H,15H2,1-2H3. The van der Waals surface area contributed by atoms with Gasteiger partial charge in [-0.1, -0.05) is 41.6 Å². The third-order valence-electron chi connectivity index (χ3n) is 4.59. The Bertz CT molecular complexity index is 1160. The number of methoxy groups -OCH3 is 1. The molecule has 0 fully saturated rings. The van der Waals surface area contributed by atoms with Gasteiger partial charge in [0.15, 0.2) is 16.8 Å². The van der Waals surface area contributed by atoms with Gasteiger partial charge in [-0.05, 0) is 43.3 Å². The van der Waals surface area contributed by atoms with Gasteiger partial charge in [-0.3, -0.25) is 14.3 Å². The molecule has 150 valence electrons. The Hall–Kier alpha value is -3.45. The van der Waals surface area contributed by atoms with Gasteiger partial charge in [-0.15, -0.1) is 10.2 Å². The van der Waals surface area contributed by atoms with Crippen LogP contribution < -0.4 is 4.74 Å². The average Bonchev–Trinajstić information content (AvgIpc) is 3.22. The number of aryl methyl sites for hydroxylation is 1. The number of hydrogen-bond acceptors (Lipinski definition) is 6. The smallest absolute Gasteiger partial charge is 0.196 e. The van der Waals surface area contributed by atoms with Crippen LogP contribution in [0.25, 0.3) is 17.1 Å². The van der Waals surface area contributed by atoms with Crippen LogP contribution >= 0.6 is 11.8 Å². The molecule has 6 nitrogen and oxygen atoms in total. The summed E-state index contributed by atoms with van der Waals surface area (Å²) in [6.45, 7) is 2.04. The molecule has 7 heteroatoms. The Labute approximate surface area is 179 Å². The predicted molar refractivity (Wildman–Crippen MR) is 117 cm³/mol. The summed E-state index contributed by atoms with van der Waals surface area (Å²) in [6.07, 6.45) is 3.45. The molecule has 0 aliphatic carbocycles. The van der Waals surface area contributed by atoms with Gasteiger partial charge >= 0.3 is 0 Å². The molecule has 0 atom stereocenters. The van der Waals surface area contributed by atoms with Crippen LogP contribution in [0.1, 0.15) is 15.9 Å². The van der Waals surface area contributed by atoms with Crippen molar-refractivity contribution >= 4 is 17.5 Å². The van der Waals surface area contributed by atoms with Gasteiger partial charge < -0.3 is 4.74 Å². The van der Waals surface area contributed by atoms with Crippen molar-refractivity contribution in [1.29, 1.82) is 0 Å². The zero-order valence-electron chi connectivity index (χ0n) is 16.6. The lowest BCUT2D eigenvalue weighted by atomic mass is 10.1. The molecular weight excluding hydrogens is 396 g/mol. The Morgan fingerprint density at radius 3 is 2.53 bits per heavy atom. The SMILES string of the molecule is COc1cccc(C(=O)CSc2nnc(-c3ccncc3)n2-c2ccc(C)cc2)c1. The summed E-state index contributed by atoms with van der Waals surface area (Å²) >= 11 is 1.36. The second-order valence-corrected chi connectivity index (χ2v) is 7.60. The van der Waals surface area contributed by atoms with E-state index < -0.39 is 0 Å². The zero-order valence-corrected chi connectivity index (χ0v) is 17.5. The number of Topliss-reactive ketones (excluding diaryl/α,β-unsaturated/α-hetero) is 1. The van der Waals surface area contributed by atoms with Crippen LogP contribution in [0.4, 0.5) is 0 Å². The second-order valence-electron chi connectivity index (χ2n) is 6.66. The quantitative estimate of drug-likeness (QED) is 0.323. The molecule has 0 saturated heterocycles. The van der Waals surface area contributed by atoms with Crippen molar-refractivity contribution in [3.05, 3.63) is 84.2 Å². The molecule has 0 unspecified atom stereocenters. The fourth-order valence-corrected chi connectivity index (χ4v) is 3.83. The first-order chi connectivity index (χ1) is 14.7. The maximum Gasteiger partial charge on any atom is 0.196 e. The van der Waals surface area contributed by atoms with E-state index in [9.17, 15) is 4.79 Å². The highest BCUT2D eigenvalue weighted by atomic mass is 32.2. The van der Waals surface area contributed by atoms with Crippen LogP contribution in [0.5, 0.6) is 5.75 Å². The lowest BCUT2D eigenvalue weighted by molar-refractivity contribution is 0.102. The number of thioether (sulfide) groups is 1. The first kappa shape index (κ1) is 19.8. The number of nitrogens with zero attached hydrogens (tertiary/aromatic N) is 4. The number of ketones is 1. The number of carbonyl (C=O) groups is 1. The third-order valence-corrected chi connectivity index (χ3v) is 5.52. The van der Waals surface area contributed by atoms with Crippen LogP contribution in [0.15, 0.2) is 78.2 Å². The Balaban J connectivity index is 1.65. The van der Waals surface area contributed by atoms with Gasteiger partial charge in [-0.2, -0.15) is 0 Å². The average molecular weight is 417 g/mol. The molecule has 0 spiro atoms. The van der Waals surface area contributed by atoms with E-state index in [1.54, 1.807) is 31.6 Å². The lowest BCUT2D eigenvalue weighted by Gasteiger charge is -2.10. The van der Waals surface area contributed by atoms with Crippen molar-refractivity contribution in [2.45, 2.75) is 12.1 Å². The van der Waals surface area contributed by atoms with E-state index in [1.165, 1.54) is 17.3 Å². The zero-order chi connectivity index (χ0) is 20.9.